The molecule has 1 unspecified atom stereocenters. The van der Waals surface area contributed by atoms with Crippen LogP contribution in [-0.4, -0.2) is 114 Å². The fourth-order valence-electron chi connectivity index (χ4n) is 11.4. The lowest BCUT2D eigenvalue weighted by atomic mass is 9.86. The predicted molar refractivity (Wildman–Crippen MR) is 282 cm³/mol. The molecule has 4 N–H and O–H groups in total. The number of rotatable bonds is 14. The zero-order valence-corrected chi connectivity index (χ0v) is 44.5. The predicted octanol–water partition coefficient (Wildman–Crippen LogP) is 6.84. The summed E-state index contributed by atoms with van der Waals surface area (Å²) in [6, 6.07) is 15.7. The van der Waals surface area contributed by atoms with Crippen molar-refractivity contribution in [2.24, 2.45) is 11.8 Å². The summed E-state index contributed by atoms with van der Waals surface area (Å²) < 4.78 is 43.5. The van der Waals surface area contributed by atoms with Gasteiger partial charge >= 0.3 is 12.1 Å². The van der Waals surface area contributed by atoms with Crippen LogP contribution in [0.2, 0.25) is 0 Å². The molecule has 20 nitrogen and oxygen atoms in total. The molecule has 0 spiro atoms. The zero-order chi connectivity index (χ0) is 54.7. The molecule has 4 aliphatic rings. The molecule has 2 fully saturated rings. The largest absolute Gasteiger partial charge is 0.508 e. The number of carbonyl (C=O) groups is 4. The Hall–Kier alpha value is -7.49. The first kappa shape index (κ1) is 52.9. The first-order valence-electron chi connectivity index (χ1n) is 26.4. The molecule has 0 radical (unpaired) electrons. The standard InChI is InChI=1S/C56H62N8O12S/c1-6-37-39-25-35(12-15-44(39)58-49-41(37)29-63-45(49)27-43-42(53(63)69)30-75-54(70)56(43,72)7-2)76-55(71)61-21-17-32(18-22-61)9-16-46(65)33-19-23-62(24-20-33)77(73,74)36-13-10-34(11-14-36)64-50(59-60-51(64)52(68)57-8-3)40-26-38(31(4)5)47(66)28-48(40)67/h10-15,25-28,31-33,66-67,72H,6-9,16-24,29-30H2,1-5H3,(H,57,68). The maximum Gasteiger partial charge on any atom is 0.415 e. The number of piperidine rings is 2. The molecule has 3 aromatic heterocycles. The first-order valence-corrected chi connectivity index (χ1v) is 27.8. The molecular weight excluding hydrogens is 1010 g/mol. The van der Waals surface area contributed by atoms with Crippen LogP contribution < -0.4 is 15.6 Å². The number of amides is 2. The summed E-state index contributed by atoms with van der Waals surface area (Å²) in [7, 11) is -3.95. The van der Waals surface area contributed by atoms with Gasteiger partial charge in [0.15, 0.2) is 11.4 Å². The smallest absolute Gasteiger partial charge is 0.415 e. The third kappa shape index (κ3) is 9.51. The third-order valence-corrected chi connectivity index (χ3v) is 17.8. The van der Waals surface area contributed by atoms with E-state index in [0.29, 0.717) is 98.5 Å². The van der Waals surface area contributed by atoms with Gasteiger partial charge in [-0.3, -0.25) is 19.0 Å². The Morgan fingerprint density at radius 3 is 2.30 bits per heavy atom. The second-order valence-corrected chi connectivity index (χ2v) is 22.6. The number of nitrogens with one attached hydrogen (secondary N) is 1. The number of aliphatic hydroxyl groups is 1. The third-order valence-electron chi connectivity index (χ3n) is 15.9. The fourth-order valence-corrected chi connectivity index (χ4v) is 12.9. The van der Waals surface area contributed by atoms with Crippen LogP contribution in [0.1, 0.15) is 124 Å². The van der Waals surface area contributed by atoms with Crippen LogP contribution in [0.25, 0.3) is 39.4 Å². The van der Waals surface area contributed by atoms with Crippen molar-refractivity contribution in [1.82, 2.24) is 38.8 Å². The molecule has 3 aromatic carbocycles. The summed E-state index contributed by atoms with van der Waals surface area (Å²) in [4.78, 5) is 73.3. The molecule has 1 atom stereocenters. The van der Waals surface area contributed by atoms with Crippen molar-refractivity contribution in [3.63, 3.8) is 0 Å². The topological polar surface area (TPSA) is 266 Å². The number of hydrogen-bond donors (Lipinski definition) is 4. The van der Waals surface area contributed by atoms with Crippen LogP contribution in [0.4, 0.5) is 4.79 Å². The van der Waals surface area contributed by atoms with E-state index >= 15 is 0 Å². The van der Waals surface area contributed by atoms with Gasteiger partial charge in [0.2, 0.25) is 15.8 Å². The van der Waals surface area contributed by atoms with E-state index in [1.807, 2.05) is 20.8 Å². The van der Waals surface area contributed by atoms with Gasteiger partial charge in [-0.2, -0.15) is 4.31 Å². The Morgan fingerprint density at radius 1 is 0.896 bits per heavy atom. The van der Waals surface area contributed by atoms with Crippen molar-refractivity contribution in [3.8, 4) is 45.7 Å². The van der Waals surface area contributed by atoms with Gasteiger partial charge in [0, 0.05) is 73.3 Å². The van der Waals surface area contributed by atoms with Crippen LogP contribution in [0.3, 0.4) is 0 Å². The normalized spacial score (nSPS) is 18.0. The summed E-state index contributed by atoms with van der Waals surface area (Å²) in [5, 5.41) is 44.5. The summed E-state index contributed by atoms with van der Waals surface area (Å²) in [6.45, 7) is 10.8. The van der Waals surface area contributed by atoms with Crippen LogP contribution in [0, 0.1) is 11.8 Å². The van der Waals surface area contributed by atoms with Crippen LogP contribution in [0.5, 0.6) is 17.2 Å². The lowest BCUT2D eigenvalue weighted by Gasteiger charge is -2.32. The van der Waals surface area contributed by atoms with E-state index in [-0.39, 0.29) is 106 Å². The number of benzene rings is 3. The Bertz CT molecular complexity index is 3540. The second-order valence-electron chi connectivity index (χ2n) is 20.7. The van der Waals surface area contributed by atoms with E-state index in [0.717, 1.165) is 16.5 Å². The summed E-state index contributed by atoms with van der Waals surface area (Å²) in [5.41, 5.74) is 2.94. The molecule has 6 aromatic rings. The number of carbonyl (C=O) groups excluding carboxylic acids is 4. The van der Waals surface area contributed by atoms with E-state index in [4.69, 9.17) is 14.5 Å². The number of cyclic esters (lactones) is 1. The lowest BCUT2D eigenvalue weighted by molar-refractivity contribution is -0.172. The number of hydrogen-bond acceptors (Lipinski definition) is 15. The number of aryl methyl sites for hydroxylation is 1. The number of esters is 1. The van der Waals surface area contributed by atoms with Gasteiger partial charge in [-0.1, -0.05) is 27.7 Å². The minimum atomic E-state index is -3.95. The van der Waals surface area contributed by atoms with Crippen molar-refractivity contribution in [1.29, 1.82) is 0 Å². The highest BCUT2D eigenvalue weighted by molar-refractivity contribution is 7.89. The van der Waals surface area contributed by atoms with E-state index in [2.05, 4.69) is 15.5 Å². The molecule has 7 heterocycles. The molecule has 21 heteroatoms. The molecule has 0 aliphatic carbocycles. The minimum Gasteiger partial charge on any atom is -0.508 e. The molecular formula is C56H62N8O12S. The van der Waals surface area contributed by atoms with E-state index in [1.165, 1.54) is 39.2 Å². The quantitative estimate of drug-likeness (QED) is 0.0813. The van der Waals surface area contributed by atoms with E-state index in [1.54, 1.807) is 53.6 Å². The van der Waals surface area contributed by atoms with Gasteiger partial charge in [0.1, 0.15) is 29.6 Å². The van der Waals surface area contributed by atoms with Gasteiger partial charge in [0.05, 0.1) is 39.5 Å². The average molecular weight is 1070 g/mol. The molecule has 10 rings (SSSR count). The number of ketones is 1. The highest BCUT2D eigenvalue weighted by Crippen LogP contribution is 2.42. The van der Waals surface area contributed by atoms with Gasteiger partial charge in [-0.15, -0.1) is 10.2 Å². The maximum atomic E-state index is 13.9. The van der Waals surface area contributed by atoms with E-state index < -0.39 is 33.6 Å². The number of sulfonamides is 1. The lowest BCUT2D eigenvalue weighted by Crippen LogP contribution is -2.44. The number of Topliss-reactive ketones (excluding diaryl/α,β-unsaturated/α-hetero) is 1. The fraction of sp³-hybridized carbons (Fsp3) is 0.429. The van der Waals surface area contributed by atoms with E-state index in [9.17, 15) is 47.7 Å². The number of nitrogens with zero attached hydrogens (tertiary/aromatic N) is 7. The van der Waals surface area contributed by atoms with Crippen molar-refractivity contribution in [3.05, 3.63) is 105 Å². The Kier molecular flexibility index (Phi) is 14.3. The molecule has 77 heavy (non-hydrogen) atoms. The Morgan fingerprint density at radius 2 is 1.62 bits per heavy atom. The summed E-state index contributed by atoms with van der Waals surface area (Å²) >= 11 is 0. The number of phenols is 2. The van der Waals surface area contributed by atoms with Crippen molar-refractivity contribution in [2.45, 2.75) is 116 Å². The van der Waals surface area contributed by atoms with Crippen molar-refractivity contribution >= 4 is 44.7 Å². The highest BCUT2D eigenvalue weighted by atomic mass is 32.2. The minimum absolute atomic E-state index is 0.0314. The second kappa shape index (κ2) is 20.8. The Balaban J connectivity index is 0.726. The summed E-state index contributed by atoms with van der Waals surface area (Å²) in [5.74, 6) is -1.33. The number of fused-ring (bicyclic) bond motifs is 5. The average Bonchev–Trinajstić information content (AvgIpc) is 4.18. The number of ether oxygens (including phenoxy) is 2. The van der Waals surface area contributed by atoms with Gasteiger partial charge in [0.25, 0.3) is 11.5 Å². The molecule has 404 valence electrons. The highest BCUT2D eigenvalue weighted by Gasteiger charge is 2.46. The van der Waals surface area contributed by atoms with Gasteiger partial charge < -0.3 is 39.6 Å². The van der Waals surface area contributed by atoms with Crippen LogP contribution in [0.15, 0.2) is 70.4 Å². The summed E-state index contributed by atoms with van der Waals surface area (Å²) in [6.07, 6.45) is 3.39. The number of phenolic OH excluding ortho intramolecular Hbond substituents is 2. The molecule has 2 saturated heterocycles. The zero-order valence-electron chi connectivity index (χ0n) is 43.7. The monoisotopic (exact) mass is 1070 g/mol. The number of aromatic nitrogens is 5. The number of pyridine rings is 2. The molecule has 2 amide bonds. The number of likely N-dealkylation sites (tertiary alicyclic amines) is 1. The van der Waals surface area contributed by atoms with Crippen LogP contribution in [-0.2, 0) is 49.5 Å². The van der Waals surface area contributed by atoms with Crippen LogP contribution >= 0.6 is 0 Å². The Labute approximate surface area is 444 Å². The number of aromatic hydroxyl groups is 2. The van der Waals surface area contributed by atoms with Gasteiger partial charge in [-0.05, 0) is 129 Å². The first-order chi connectivity index (χ1) is 36.9. The molecule has 0 bridgehead atoms. The van der Waals surface area contributed by atoms with Crippen molar-refractivity contribution < 1.29 is 52.4 Å². The SMILES string of the molecule is CCNC(=O)c1nnc(-c2cc(C(C)C)c(O)cc2O)n1-c1ccc(S(=O)(=O)N2CCC(C(=O)CCC3CCN(C(=O)Oc4ccc5nc6c(c(CC)c5c4)Cn4c-6cc5c(c4=O)COC(=O)C5(O)CC)CC3)CC2)cc1. The maximum absolute atomic E-state index is 13.9. The van der Waals surface area contributed by atoms with Crippen molar-refractivity contribution in [2.75, 3.05) is 32.7 Å². The van der Waals surface area contributed by atoms with Gasteiger partial charge in [-0.25, -0.2) is 23.0 Å². The molecule has 4 aliphatic heterocycles. The molecule has 0 saturated carbocycles.